The van der Waals surface area contributed by atoms with Crippen LogP contribution in [0.2, 0.25) is 0 Å². The fraction of sp³-hybridized carbons (Fsp3) is 0.538. The van der Waals surface area contributed by atoms with E-state index in [1.165, 1.54) is 12.1 Å². The summed E-state index contributed by atoms with van der Waals surface area (Å²) in [6.07, 6.45) is -0.617. The lowest BCUT2D eigenvalue weighted by Gasteiger charge is -2.19. The monoisotopic (exact) mass is 311 g/mol. The Morgan fingerprint density at radius 1 is 1.10 bits per heavy atom. The van der Waals surface area contributed by atoms with Crippen LogP contribution in [-0.2, 0) is 0 Å². The summed E-state index contributed by atoms with van der Waals surface area (Å²) in [5.41, 5.74) is 0.345. The molecular formula is C13H17F4NO3. The molecule has 0 spiro atoms. The molecule has 0 saturated carbocycles. The number of ether oxygens (including phenoxy) is 2. The maximum Gasteiger partial charge on any atom is 0.387 e. The van der Waals surface area contributed by atoms with Crippen molar-refractivity contribution >= 4 is 0 Å². The Kier molecular flexibility index (Phi) is 6.70. The van der Waals surface area contributed by atoms with Crippen molar-refractivity contribution in [2.75, 3.05) is 6.54 Å². The highest BCUT2D eigenvalue weighted by atomic mass is 19.3. The standard InChI is InChI=1S/C13H17F4NO3/c1-7(19)6-18-8(2)10-4-3-9(20-12(14)15)5-11(10)21-13(16)17/h3-5,7-8,12-13,18-19H,6H2,1-2H3. The van der Waals surface area contributed by atoms with E-state index in [9.17, 15) is 22.7 Å². The molecule has 21 heavy (non-hydrogen) atoms. The summed E-state index contributed by atoms with van der Waals surface area (Å²) in [5, 5.41) is 12.1. The molecule has 0 amide bonds. The summed E-state index contributed by atoms with van der Waals surface area (Å²) < 4.78 is 57.6. The average Bonchev–Trinajstić information content (AvgIpc) is 2.34. The number of alkyl halides is 4. The minimum Gasteiger partial charge on any atom is -0.435 e. The van der Waals surface area contributed by atoms with Crippen LogP contribution in [0, 0.1) is 0 Å². The van der Waals surface area contributed by atoms with Crippen molar-refractivity contribution in [2.45, 2.75) is 39.2 Å². The summed E-state index contributed by atoms with van der Waals surface area (Å²) in [6.45, 7) is -2.67. The molecule has 8 heteroatoms. The van der Waals surface area contributed by atoms with Gasteiger partial charge in [-0.2, -0.15) is 17.6 Å². The van der Waals surface area contributed by atoms with Gasteiger partial charge in [-0.1, -0.05) is 6.07 Å². The second-order valence-electron chi connectivity index (χ2n) is 4.44. The minimum atomic E-state index is -3.09. The minimum absolute atomic E-state index is 0.241. The van der Waals surface area contributed by atoms with Crippen LogP contribution in [0.4, 0.5) is 17.6 Å². The van der Waals surface area contributed by atoms with Crippen LogP contribution in [0.25, 0.3) is 0 Å². The average molecular weight is 311 g/mol. The van der Waals surface area contributed by atoms with Gasteiger partial charge in [-0.3, -0.25) is 0 Å². The Balaban J connectivity index is 2.94. The van der Waals surface area contributed by atoms with Gasteiger partial charge < -0.3 is 19.9 Å². The van der Waals surface area contributed by atoms with Gasteiger partial charge in [-0.15, -0.1) is 0 Å². The summed E-state index contributed by atoms with van der Waals surface area (Å²) >= 11 is 0. The molecule has 0 aliphatic carbocycles. The Morgan fingerprint density at radius 3 is 2.24 bits per heavy atom. The van der Waals surface area contributed by atoms with Crippen LogP contribution in [0.3, 0.4) is 0 Å². The zero-order valence-corrected chi connectivity index (χ0v) is 11.5. The van der Waals surface area contributed by atoms with Gasteiger partial charge in [0.15, 0.2) is 0 Å². The van der Waals surface area contributed by atoms with Gasteiger partial charge in [0, 0.05) is 24.2 Å². The molecular weight excluding hydrogens is 294 g/mol. The zero-order chi connectivity index (χ0) is 16.0. The maximum absolute atomic E-state index is 12.4. The Hall–Kier alpha value is -1.54. The summed E-state index contributed by atoms with van der Waals surface area (Å²) in [7, 11) is 0. The number of hydrogen-bond donors (Lipinski definition) is 2. The first kappa shape index (κ1) is 17.5. The Labute approximate surface area is 119 Å². The molecule has 0 aliphatic heterocycles. The van der Waals surface area contributed by atoms with Gasteiger partial charge >= 0.3 is 13.2 Å². The first-order chi connectivity index (χ1) is 9.79. The largest absolute Gasteiger partial charge is 0.435 e. The van der Waals surface area contributed by atoms with Gasteiger partial charge in [0.2, 0.25) is 0 Å². The lowest BCUT2D eigenvalue weighted by Crippen LogP contribution is -2.27. The molecule has 1 aromatic carbocycles. The van der Waals surface area contributed by atoms with Crippen molar-refractivity contribution in [3.05, 3.63) is 23.8 Å². The second kappa shape index (κ2) is 8.04. The van der Waals surface area contributed by atoms with Crippen molar-refractivity contribution < 1.29 is 32.1 Å². The number of aliphatic hydroxyl groups excluding tert-OH is 1. The summed E-state index contributed by atoms with van der Waals surface area (Å²) in [6, 6.07) is 3.15. The van der Waals surface area contributed by atoms with E-state index >= 15 is 0 Å². The van der Waals surface area contributed by atoms with Crippen molar-refractivity contribution in [1.29, 1.82) is 0 Å². The molecule has 2 N–H and O–H groups in total. The molecule has 1 rings (SSSR count). The quantitative estimate of drug-likeness (QED) is 0.725. The second-order valence-corrected chi connectivity index (χ2v) is 4.44. The SMILES string of the molecule is CC(O)CNC(C)c1ccc(OC(F)F)cc1OC(F)F. The molecule has 0 heterocycles. The van der Waals surface area contributed by atoms with Crippen LogP contribution < -0.4 is 14.8 Å². The zero-order valence-electron chi connectivity index (χ0n) is 11.5. The van der Waals surface area contributed by atoms with Crippen LogP contribution in [0.15, 0.2) is 18.2 Å². The van der Waals surface area contributed by atoms with E-state index in [1.807, 2.05) is 0 Å². The summed E-state index contributed by atoms with van der Waals surface area (Å²) in [4.78, 5) is 0. The predicted molar refractivity (Wildman–Crippen MR) is 67.8 cm³/mol. The first-order valence-electron chi connectivity index (χ1n) is 6.24. The van der Waals surface area contributed by atoms with Crippen LogP contribution in [0.5, 0.6) is 11.5 Å². The first-order valence-corrected chi connectivity index (χ1v) is 6.24. The van der Waals surface area contributed by atoms with Crippen LogP contribution in [-0.4, -0.2) is 31.0 Å². The molecule has 2 atom stereocenters. The maximum atomic E-state index is 12.4. The van der Waals surface area contributed by atoms with Gasteiger partial charge in [0.25, 0.3) is 0 Å². The van der Waals surface area contributed by atoms with Crippen molar-refractivity contribution in [3.63, 3.8) is 0 Å². The molecule has 1 aromatic rings. The number of rotatable bonds is 8. The van der Waals surface area contributed by atoms with Crippen molar-refractivity contribution in [2.24, 2.45) is 0 Å². The molecule has 4 nitrogen and oxygen atoms in total. The molecule has 0 aliphatic rings. The van der Waals surface area contributed by atoms with Gasteiger partial charge in [-0.25, -0.2) is 0 Å². The van der Waals surface area contributed by atoms with E-state index in [4.69, 9.17) is 0 Å². The van der Waals surface area contributed by atoms with Gasteiger partial charge in [-0.05, 0) is 19.9 Å². The van der Waals surface area contributed by atoms with Gasteiger partial charge in [0.1, 0.15) is 11.5 Å². The Bertz CT molecular complexity index is 443. The van der Waals surface area contributed by atoms with Crippen LogP contribution >= 0.6 is 0 Å². The number of hydrogen-bond acceptors (Lipinski definition) is 4. The molecule has 0 radical (unpaired) electrons. The van der Waals surface area contributed by atoms with E-state index in [0.29, 0.717) is 5.56 Å². The summed E-state index contributed by atoms with van der Waals surface area (Å²) in [5.74, 6) is -0.527. The smallest absolute Gasteiger partial charge is 0.387 e. The number of nitrogens with one attached hydrogen (secondary N) is 1. The topological polar surface area (TPSA) is 50.7 Å². The van der Waals surface area contributed by atoms with Crippen molar-refractivity contribution in [1.82, 2.24) is 5.32 Å². The van der Waals surface area contributed by atoms with Crippen molar-refractivity contribution in [3.8, 4) is 11.5 Å². The third kappa shape index (κ3) is 6.17. The number of halogens is 4. The Morgan fingerprint density at radius 2 is 1.71 bits per heavy atom. The van der Waals surface area contributed by atoms with E-state index in [-0.39, 0.29) is 18.0 Å². The van der Waals surface area contributed by atoms with E-state index < -0.39 is 25.4 Å². The highest BCUT2D eigenvalue weighted by Gasteiger charge is 2.17. The lowest BCUT2D eigenvalue weighted by molar-refractivity contribution is -0.0548. The lowest BCUT2D eigenvalue weighted by atomic mass is 10.1. The predicted octanol–water partition coefficient (Wildman–Crippen LogP) is 2.92. The van der Waals surface area contributed by atoms with Gasteiger partial charge in [0.05, 0.1) is 6.10 Å². The molecule has 0 aromatic heterocycles. The van der Waals surface area contributed by atoms with E-state index in [1.54, 1.807) is 13.8 Å². The fourth-order valence-electron chi connectivity index (χ4n) is 1.70. The van der Waals surface area contributed by atoms with E-state index in [0.717, 1.165) is 6.07 Å². The molecule has 0 fully saturated rings. The molecule has 0 saturated heterocycles. The highest BCUT2D eigenvalue weighted by molar-refractivity contribution is 5.42. The fourth-order valence-corrected chi connectivity index (χ4v) is 1.70. The third-order valence-corrected chi connectivity index (χ3v) is 2.61. The molecule has 0 bridgehead atoms. The normalized spacial score (nSPS) is 14.3. The molecule has 2 unspecified atom stereocenters. The van der Waals surface area contributed by atoms with Crippen LogP contribution in [0.1, 0.15) is 25.5 Å². The van der Waals surface area contributed by atoms with E-state index in [2.05, 4.69) is 14.8 Å². The number of benzene rings is 1. The highest BCUT2D eigenvalue weighted by Crippen LogP contribution is 2.31. The molecule has 120 valence electrons. The third-order valence-electron chi connectivity index (χ3n) is 2.61. The number of aliphatic hydroxyl groups is 1.